The minimum Gasteiger partial charge on any atom is -0.463 e. The lowest BCUT2D eigenvalue weighted by Gasteiger charge is -2.04. The fourth-order valence-corrected chi connectivity index (χ4v) is 2.28. The Morgan fingerprint density at radius 1 is 1.10 bits per heavy atom. The zero-order valence-corrected chi connectivity index (χ0v) is 11.2. The van der Waals surface area contributed by atoms with Gasteiger partial charge in [-0.15, -0.1) is 0 Å². The molecule has 0 fully saturated rings. The summed E-state index contributed by atoms with van der Waals surface area (Å²) >= 11 is 0. The molecule has 0 aliphatic heterocycles. The molecule has 0 aliphatic rings. The number of hydrogen-bond donors (Lipinski definition) is 0. The predicted octanol–water partition coefficient (Wildman–Crippen LogP) is 3.68. The van der Waals surface area contributed by atoms with Crippen LogP contribution in [0.15, 0.2) is 57.9 Å². The van der Waals surface area contributed by atoms with Crippen molar-refractivity contribution in [2.45, 2.75) is 6.92 Å². The first kappa shape index (κ1) is 13.1. The third-order valence-corrected chi connectivity index (χ3v) is 3.32. The molecule has 5 nitrogen and oxygen atoms in total. The Kier molecular flexibility index (Phi) is 3.02. The van der Waals surface area contributed by atoms with Crippen molar-refractivity contribution in [1.29, 1.82) is 0 Å². The summed E-state index contributed by atoms with van der Waals surface area (Å²) in [4.78, 5) is 23.1. The van der Waals surface area contributed by atoms with Gasteiger partial charge in [0.05, 0.1) is 21.4 Å². The SMILES string of the molecule is Cc1ccc2c(=O)c(-c3ccccc3[N+](=O)[O-])coc2c1. The molecule has 3 rings (SSSR count). The Labute approximate surface area is 119 Å². The van der Waals surface area contributed by atoms with Crippen LogP contribution in [0.1, 0.15) is 5.56 Å². The molecular weight excluding hydrogens is 270 g/mol. The van der Waals surface area contributed by atoms with Crippen LogP contribution in [0.25, 0.3) is 22.1 Å². The highest BCUT2D eigenvalue weighted by Gasteiger charge is 2.18. The maximum absolute atomic E-state index is 12.5. The van der Waals surface area contributed by atoms with Gasteiger partial charge in [-0.05, 0) is 30.7 Å². The minimum absolute atomic E-state index is 0.115. The van der Waals surface area contributed by atoms with Gasteiger partial charge in [-0.25, -0.2) is 0 Å². The predicted molar refractivity (Wildman–Crippen MR) is 79.3 cm³/mol. The van der Waals surface area contributed by atoms with E-state index in [1.807, 2.05) is 13.0 Å². The lowest BCUT2D eigenvalue weighted by atomic mass is 10.0. The van der Waals surface area contributed by atoms with Crippen LogP contribution in [-0.2, 0) is 0 Å². The van der Waals surface area contributed by atoms with E-state index in [1.165, 1.54) is 12.3 Å². The van der Waals surface area contributed by atoms with Crippen molar-refractivity contribution >= 4 is 16.7 Å². The number of rotatable bonds is 2. The van der Waals surface area contributed by atoms with E-state index in [1.54, 1.807) is 30.3 Å². The van der Waals surface area contributed by atoms with Gasteiger partial charge in [-0.1, -0.05) is 18.2 Å². The number of hydrogen-bond acceptors (Lipinski definition) is 4. The van der Waals surface area contributed by atoms with Gasteiger partial charge in [0.15, 0.2) is 0 Å². The second-order valence-electron chi connectivity index (χ2n) is 4.75. The highest BCUT2D eigenvalue weighted by atomic mass is 16.6. The molecule has 0 amide bonds. The Morgan fingerprint density at radius 3 is 2.62 bits per heavy atom. The van der Waals surface area contributed by atoms with Gasteiger partial charge in [0.1, 0.15) is 11.8 Å². The Bertz CT molecular complexity index is 912. The van der Waals surface area contributed by atoms with Gasteiger partial charge >= 0.3 is 0 Å². The van der Waals surface area contributed by atoms with Crippen LogP contribution in [0.4, 0.5) is 5.69 Å². The fraction of sp³-hybridized carbons (Fsp3) is 0.0625. The van der Waals surface area contributed by atoms with E-state index >= 15 is 0 Å². The normalized spacial score (nSPS) is 10.7. The quantitative estimate of drug-likeness (QED) is 0.530. The zero-order valence-electron chi connectivity index (χ0n) is 11.2. The van der Waals surface area contributed by atoms with Crippen LogP contribution >= 0.6 is 0 Å². The Morgan fingerprint density at radius 2 is 1.86 bits per heavy atom. The number of nitrogens with zero attached hydrogens (tertiary/aromatic N) is 1. The summed E-state index contributed by atoms with van der Waals surface area (Å²) in [5.41, 5.74) is 1.52. The summed E-state index contributed by atoms with van der Waals surface area (Å²) in [6.45, 7) is 1.90. The third kappa shape index (κ3) is 2.18. The lowest BCUT2D eigenvalue weighted by Crippen LogP contribution is -2.06. The molecule has 0 unspecified atom stereocenters. The van der Waals surface area contributed by atoms with Crippen LogP contribution < -0.4 is 5.43 Å². The van der Waals surface area contributed by atoms with Crippen molar-refractivity contribution in [3.63, 3.8) is 0 Å². The number of fused-ring (bicyclic) bond motifs is 1. The molecule has 1 aromatic heterocycles. The number of nitro groups is 1. The number of nitro benzene ring substituents is 1. The van der Waals surface area contributed by atoms with Gasteiger partial charge < -0.3 is 4.42 Å². The summed E-state index contributed by atoms with van der Waals surface area (Å²) in [6.07, 6.45) is 1.28. The number of para-hydroxylation sites is 1. The summed E-state index contributed by atoms with van der Waals surface area (Å²) in [7, 11) is 0. The molecule has 0 N–H and O–H groups in total. The van der Waals surface area contributed by atoms with E-state index in [4.69, 9.17) is 4.42 Å². The average Bonchev–Trinajstić information content (AvgIpc) is 2.47. The van der Waals surface area contributed by atoms with Gasteiger partial charge in [0, 0.05) is 6.07 Å². The lowest BCUT2D eigenvalue weighted by molar-refractivity contribution is -0.384. The molecule has 0 spiro atoms. The van der Waals surface area contributed by atoms with E-state index in [9.17, 15) is 14.9 Å². The van der Waals surface area contributed by atoms with Crippen molar-refractivity contribution in [3.05, 3.63) is 74.6 Å². The van der Waals surface area contributed by atoms with Gasteiger partial charge in [0.25, 0.3) is 5.69 Å². The Hall–Kier alpha value is -2.95. The summed E-state index contributed by atoms with van der Waals surface area (Å²) in [5, 5.41) is 11.5. The van der Waals surface area contributed by atoms with E-state index in [2.05, 4.69) is 0 Å². The van der Waals surface area contributed by atoms with Crippen LogP contribution in [0.2, 0.25) is 0 Å². The maximum Gasteiger partial charge on any atom is 0.277 e. The van der Waals surface area contributed by atoms with Crippen molar-refractivity contribution in [1.82, 2.24) is 0 Å². The molecule has 5 heteroatoms. The first-order chi connectivity index (χ1) is 10.1. The standard InChI is InChI=1S/C16H11NO4/c1-10-6-7-12-15(8-10)21-9-13(16(12)18)11-4-2-3-5-14(11)17(19)20/h2-9H,1H3. The molecule has 2 aromatic carbocycles. The largest absolute Gasteiger partial charge is 0.463 e. The topological polar surface area (TPSA) is 73.3 Å². The van der Waals surface area contributed by atoms with E-state index in [0.29, 0.717) is 11.0 Å². The van der Waals surface area contributed by atoms with Crippen molar-refractivity contribution in [3.8, 4) is 11.1 Å². The molecule has 0 radical (unpaired) electrons. The molecule has 1 heterocycles. The first-order valence-corrected chi connectivity index (χ1v) is 6.34. The maximum atomic E-state index is 12.5. The number of benzene rings is 2. The first-order valence-electron chi connectivity index (χ1n) is 6.34. The molecule has 0 saturated carbocycles. The molecule has 3 aromatic rings. The van der Waals surface area contributed by atoms with Gasteiger partial charge in [0.2, 0.25) is 5.43 Å². The molecule has 0 bridgehead atoms. The van der Waals surface area contributed by atoms with E-state index in [-0.39, 0.29) is 22.2 Å². The summed E-state index contributed by atoms with van der Waals surface area (Å²) in [6, 6.07) is 11.4. The average molecular weight is 281 g/mol. The highest BCUT2D eigenvalue weighted by Crippen LogP contribution is 2.28. The van der Waals surface area contributed by atoms with Crippen LogP contribution in [0.3, 0.4) is 0 Å². The van der Waals surface area contributed by atoms with E-state index < -0.39 is 4.92 Å². The van der Waals surface area contributed by atoms with Crippen LogP contribution in [0.5, 0.6) is 0 Å². The Balaban J connectivity index is 2.32. The van der Waals surface area contributed by atoms with Crippen LogP contribution in [-0.4, -0.2) is 4.92 Å². The summed E-state index contributed by atoms with van der Waals surface area (Å²) < 4.78 is 5.47. The van der Waals surface area contributed by atoms with Crippen LogP contribution in [0, 0.1) is 17.0 Å². The molecule has 21 heavy (non-hydrogen) atoms. The monoisotopic (exact) mass is 281 g/mol. The molecule has 0 aliphatic carbocycles. The minimum atomic E-state index is -0.506. The molecular formula is C16H11NO4. The third-order valence-electron chi connectivity index (χ3n) is 3.32. The molecule has 0 atom stereocenters. The summed E-state index contributed by atoms with van der Waals surface area (Å²) in [5.74, 6) is 0. The number of aryl methyl sites for hydroxylation is 1. The van der Waals surface area contributed by atoms with E-state index in [0.717, 1.165) is 5.56 Å². The van der Waals surface area contributed by atoms with Crippen molar-refractivity contribution in [2.75, 3.05) is 0 Å². The van der Waals surface area contributed by atoms with Gasteiger partial charge in [-0.2, -0.15) is 0 Å². The second-order valence-corrected chi connectivity index (χ2v) is 4.75. The van der Waals surface area contributed by atoms with Crippen molar-refractivity contribution < 1.29 is 9.34 Å². The molecule has 0 saturated heterocycles. The second kappa shape index (κ2) is 4.86. The smallest absolute Gasteiger partial charge is 0.277 e. The highest BCUT2D eigenvalue weighted by molar-refractivity contribution is 5.84. The van der Waals surface area contributed by atoms with Crippen molar-refractivity contribution in [2.24, 2.45) is 0 Å². The van der Waals surface area contributed by atoms with Gasteiger partial charge in [-0.3, -0.25) is 14.9 Å². The molecule has 104 valence electrons. The fourth-order valence-electron chi connectivity index (χ4n) is 2.28. The zero-order chi connectivity index (χ0) is 15.0.